The SMILES string of the molecule is CCN1CCN(C(=O)c2cnn3c(C(F)(F)F)cc(-c4ccc(C(F)(F)F)cc4)nc23)CC1. The Kier molecular flexibility index (Phi) is 5.81. The van der Waals surface area contributed by atoms with Crippen LogP contribution >= 0.6 is 0 Å². The Labute approximate surface area is 184 Å². The van der Waals surface area contributed by atoms with Gasteiger partial charge in [-0.15, -0.1) is 0 Å². The maximum absolute atomic E-state index is 13.7. The van der Waals surface area contributed by atoms with Crippen molar-refractivity contribution in [2.45, 2.75) is 19.3 Å². The molecule has 0 bridgehead atoms. The molecule has 4 rings (SSSR count). The number of alkyl halides is 6. The summed E-state index contributed by atoms with van der Waals surface area (Å²) >= 11 is 0. The minimum atomic E-state index is -4.83. The molecule has 0 spiro atoms. The van der Waals surface area contributed by atoms with Gasteiger partial charge in [0.05, 0.1) is 17.5 Å². The van der Waals surface area contributed by atoms with Crippen molar-refractivity contribution < 1.29 is 31.1 Å². The molecule has 1 aliphatic heterocycles. The van der Waals surface area contributed by atoms with Gasteiger partial charge in [-0.3, -0.25) is 4.79 Å². The molecular weight excluding hydrogens is 452 g/mol. The molecule has 12 heteroatoms. The van der Waals surface area contributed by atoms with Crippen molar-refractivity contribution in [3.8, 4) is 11.3 Å². The van der Waals surface area contributed by atoms with Crippen LogP contribution in [0.1, 0.15) is 28.5 Å². The Morgan fingerprint density at radius 3 is 2.15 bits per heavy atom. The third kappa shape index (κ3) is 4.52. The number of fused-ring (bicyclic) bond motifs is 1. The van der Waals surface area contributed by atoms with Crippen molar-refractivity contribution in [1.29, 1.82) is 0 Å². The van der Waals surface area contributed by atoms with Crippen molar-refractivity contribution in [2.24, 2.45) is 0 Å². The second kappa shape index (κ2) is 8.32. The van der Waals surface area contributed by atoms with Gasteiger partial charge in [-0.1, -0.05) is 19.1 Å². The molecule has 6 nitrogen and oxygen atoms in total. The third-order valence-electron chi connectivity index (χ3n) is 5.61. The summed E-state index contributed by atoms with van der Waals surface area (Å²) < 4.78 is 80.3. The molecule has 0 unspecified atom stereocenters. The second-order valence-corrected chi connectivity index (χ2v) is 7.62. The average molecular weight is 471 g/mol. The van der Waals surface area contributed by atoms with Gasteiger partial charge in [-0.25, -0.2) is 9.50 Å². The Hall–Kier alpha value is -3.15. The summed E-state index contributed by atoms with van der Waals surface area (Å²) in [4.78, 5) is 20.9. The van der Waals surface area contributed by atoms with E-state index in [9.17, 15) is 31.1 Å². The zero-order chi connectivity index (χ0) is 24.0. The first kappa shape index (κ1) is 23.0. The highest BCUT2D eigenvalue weighted by atomic mass is 19.4. The Balaban J connectivity index is 1.77. The number of hydrogen-bond donors (Lipinski definition) is 0. The molecule has 0 N–H and O–H groups in total. The van der Waals surface area contributed by atoms with Gasteiger partial charge < -0.3 is 9.80 Å². The van der Waals surface area contributed by atoms with E-state index in [-0.39, 0.29) is 22.5 Å². The number of piperazine rings is 1. The first-order chi connectivity index (χ1) is 15.5. The van der Waals surface area contributed by atoms with Crippen molar-refractivity contribution in [2.75, 3.05) is 32.7 Å². The van der Waals surface area contributed by atoms with Crippen molar-refractivity contribution in [3.63, 3.8) is 0 Å². The Bertz CT molecular complexity index is 1160. The zero-order valence-corrected chi connectivity index (χ0v) is 17.4. The lowest BCUT2D eigenvalue weighted by atomic mass is 10.1. The van der Waals surface area contributed by atoms with Crippen LogP contribution in [-0.2, 0) is 12.4 Å². The van der Waals surface area contributed by atoms with Crippen LogP contribution in [0.4, 0.5) is 26.3 Å². The molecule has 3 heterocycles. The van der Waals surface area contributed by atoms with Crippen LogP contribution < -0.4 is 0 Å². The highest BCUT2D eigenvalue weighted by molar-refractivity contribution is 6.00. The summed E-state index contributed by atoms with van der Waals surface area (Å²) in [7, 11) is 0. The molecule has 1 aliphatic rings. The molecule has 1 fully saturated rings. The maximum atomic E-state index is 13.7. The predicted octanol–water partition coefficient (Wildman–Crippen LogP) is 4.21. The fraction of sp³-hybridized carbons (Fsp3) is 0.381. The minimum absolute atomic E-state index is 0.0483. The van der Waals surface area contributed by atoms with E-state index in [0.717, 1.165) is 37.0 Å². The van der Waals surface area contributed by atoms with Crippen molar-refractivity contribution in [3.05, 3.63) is 53.3 Å². The van der Waals surface area contributed by atoms with Crippen molar-refractivity contribution >= 4 is 11.6 Å². The number of halogens is 6. The van der Waals surface area contributed by atoms with E-state index in [4.69, 9.17) is 0 Å². The van der Waals surface area contributed by atoms with E-state index in [1.54, 1.807) is 0 Å². The largest absolute Gasteiger partial charge is 0.433 e. The lowest BCUT2D eigenvalue weighted by molar-refractivity contribution is -0.142. The number of amides is 1. The molecule has 0 atom stereocenters. The lowest BCUT2D eigenvalue weighted by Gasteiger charge is -2.33. The predicted molar refractivity (Wildman–Crippen MR) is 106 cm³/mol. The van der Waals surface area contributed by atoms with E-state index < -0.39 is 29.5 Å². The number of benzene rings is 1. The van der Waals surface area contributed by atoms with Crippen LogP contribution in [0.25, 0.3) is 16.9 Å². The summed E-state index contributed by atoms with van der Waals surface area (Å²) in [6, 6.07) is 4.33. The van der Waals surface area contributed by atoms with Crippen LogP contribution in [0.2, 0.25) is 0 Å². The normalized spacial score (nSPS) is 15.9. The number of rotatable bonds is 3. The first-order valence-electron chi connectivity index (χ1n) is 10.1. The topological polar surface area (TPSA) is 53.7 Å². The van der Waals surface area contributed by atoms with Gasteiger partial charge in [0.1, 0.15) is 5.56 Å². The molecule has 33 heavy (non-hydrogen) atoms. The van der Waals surface area contributed by atoms with Crippen LogP contribution in [0.5, 0.6) is 0 Å². The quantitative estimate of drug-likeness (QED) is 0.537. The number of carbonyl (C=O) groups excluding carboxylic acids is 1. The summed E-state index contributed by atoms with van der Waals surface area (Å²) in [6.07, 6.45) is -8.37. The molecule has 176 valence electrons. The minimum Gasteiger partial charge on any atom is -0.336 e. The molecule has 0 aliphatic carbocycles. The molecule has 0 radical (unpaired) electrons. The van der Waals surface area contributed by atoms with Gasteiger partial charge in [-0.05, 0) is 24.7 Å². The molecule has 0 saturated carbocycles. The molecular formula is C21H19F6N5O. The molecule has 3 aromatic rings. The van der Waals surface area contributed by atoms with Gasteiger partial charge in [-0.2, -0.15) is 31.4 Å². The van der Waals surface area contributed by atoms with Gasteiger partial charge in [0.2, 0.25) is 0 Å². The average Bonchev–Trinajstić information content (AvgIpc) is 3.20. The molecule has 1 amide bonds. The highest BCUT2D eigenvalue weighted by Gasteiger charge is 2.37. The monoisotopic (exact) mass is 471 g/mol. The Morgan fingerprint density at radius 2 is 1.61 bits per heavy atom. The van der Waals surface area contributed by atoms with Gasteiger partial charge >= 0.3 is 12.4 Å². The molecule has 1 aromatic carbocycles. The number of aromatic nitrogens is 3. The van der Waals surface area contributed by atoms with E-state index in [0.29, 0.717) is 36.8 Å². The van der Waals surface area contributed by atoms with E-state index >= 15 is 0 Å². The smallest absolute Gasteiger partial charge is 0.336 e. The van der Waals surface area contributed by atoms with Crippen LogP contribution in [0.3, 0.4) is 0 Å². The lowest BCUT2D eigenvalue weighted by Crippen LogP contribution is -2.48. The fourth-order valence-electron chi connectivity index (χ4n) is 3.73. The molecule has 1 saturated heterocycles. The number of likely N-dealkylation sites (N-methyl/N-ethyl adjacent to an activating group) is 1. The standard InChI is InChI=1S/C21H19F6N5O/c1-2-30-7-9-31(10-8-30)19(33)15-12-28-32-17(21(25,26)27)11-16(29-18(15)32)13-3-5-14(6-4-13)20(22,23)24/h3-6,11-12H,2,7-10H2,1H3. The number of carbonyl (C=O) groups is 1. The van der Waals surface area contributed by atoms with E-state index in [1.165, 1.54) is 4.90 Å². The highest BCUT2D eigenvalue weighted by Crippen LogP contribution is 2.34. The third-order valence-corrected chi connectivity index (χ3v) is 5.61. The van der Waals surface area contributed by atoms with Crippen LogP contribution in [0, 0.1) is 0 Å². The zero-order valence-electron chi connectivity index (χ0n) is 17.4. The van der Waals surface area contributed by atoms with Crippen LogP contribution in [-0.4, -0.2) is 63.0 Å². The summed E-state index contributed by atoms with van der Waals surface area (Å²) in [5, 5.41) is 3.74. The molecule has 2 aromatic heterocycles. The van der Waals surface area contributed by atoms with E-state index in [1.807, 2.05) is 6.92 Å². The number of hydrogen-bond acceptors (Lipinski definition) is 4. The first-order valence-corrected chi connectivity index (χ1v) is 10.1. The van der Waals surface area contributed by atoms with Gasteiger partial charge in [0.15, 0.2) is 11.3 Å². The van der Waals surface area contributed by atoms with E-state index in [2.05, 4.69) is 15.0 Å². The van der Waals surface area contributed by atoms with Crippen LogP contribution in [0.15, 0.2) is 36.5 Å². The van der Waals surface area contributed by atoms with Gasteiger partial charge in [0.25, 0.3) is 5.91 Å². The van der Waals surface area contributed by atoms with Crippen molar-refractivity contribution in [1.82, 2.24) is 24.4 Å². The maximum Gasteiger partial charge on any atom is 0.433 e. The summed E-state index contributed by atoms with van der Waals surface area (Å²) in [6.45, 7) is 4.92. The second-order valence-electron chi connectivity index (χ2n) is 7.62. The van der Waals surface area contributed by atoms with Gasteiger partial charge in [0, 0.05) is 31.7 Å². The summed E-state index contributed by atoms with van der Waals surface area (Å²) in [5.74, 6) is -0.494. The number of nitrogens with zero attached hydrogens (tertiary/aromatic N) is 5. The summed E-state index contributed by atoms with van der Waals surface area (Å²) in [5.41, 5.74) is -2.69. The fourth-order valence-corrected chi connectivity index (χ4v) is 3.73. The Morgan fingerprint density at radius 1 is 0.970 bits per heavy atom.